The fourth-order valence-corrected chi connectivity index (χ4v) is 1.89. The van der Waals surface area contributed by atoms with Gasteiger partial charge in [0.05, 0.1) is 11.8 Å². The first-order valence-corrected chi connectivity index (χ1v) is 6.83. The third-order valence-electron chi connectivity index (χ3n) is 2.78. The molecule has 1 atom stereocenters. The van der Waals surface area contributed by atoms with E-state index in [1.54, 1.807) is 0 Å². The quantitative estimate of drug-likeness (QED) is 0.750. The Kier molecular flexibility index (Phi) is 6.30. The Morgan fingerprint density at radius 2 is 2.00 bits per heavy atom. The van der Waals surface area contributed by atoms with Crippen LogP contribution in [0.15, 0.2) is 18.2 Å². The number of carbonyl (C=O) groups excluding carboxylic acids is 2. The first kappa shape index (κ1) is 17.1. The zero-order valence-corrected chi connectivity index (χ0v) is 12.4. The second-order valence-corrected chi connectivity index (χ2v) is 5.37. The van der Waals surface area contributed by atoms with Gasteiger partial charge in [-0.25, -0.2) is 4.39 Å². The molecule has 3 N–H and O–H groups in total. The SMILES string of the molecule is CC(=O)Nc1cc(C(=O)NCC(O)CC(C)C)ccc1F. The van der Waals surface area contributed by atoms with Gasteiger partial charge in [0.25, 0.3) is 5.91 Å². The van der Waals surface area contributed by atoms with Crippen molar-refractivity contribution < 1.29 is 19.1 Å². The normalized spacial score (nSPS) is 12.1. The van der Waals surface area contributed by atoms with E-state index in [1.165, 1.54) is 19.1 Å². The van der Waals surface area contributed by atoms with Gasteiger partial charge >= 0.3 is 0 Å². The van der Waals surface area contributed by atoms with Gasteiger partial charge in [-0.15, -0.1) is 0 Å². The highest BCUT2D eigenvalue weighted by molar-refractivity contribution is 5.96. The van der Waals surface area contributed by atoms with E-state index >= 15 is 0 Å². The minimum absolute atomic E-state index is 0.0436. The molecule has 0 spiro atoms. The summed E-state index contributed by atoms with van der Waals surface area (Å²) >= 11 is 0. The van der Waals surface area contributed by atoms with Gasteiger partial charge in [-0.2, -0.15) is 0 Å². The van der Waals surface area contributed by atoms with E-state index in [1.807, 2.05) is 13.8 Å². The van der Waals surface area contributed by atoms with Crippen LogP contribution < -0.4 is 10.6 Å². The Bertz CT molecular complexity index is 518. The fraction of sp³-hybridized carbons (Fsp3) is 0.467. The maximum atomic E-state index is 13.5. The molecule has 1 aromatic carbocycles. The Morgan fingerprint density at radius 1 is 1.33 bits per heavy atom. The largest absolute Gasteiger partial charge is 0.391 e. The number of hydrogen-bond acceptors (Lipinski definition) is 3. The lowest BCUT2D eigenvalue weighted by Crippen LogP contribution is -2.32. The summed E-state index contributed by atoms with van der Waals surface area (Å²) < 4.78 is 13.5. The summed E-state index contributed by atoms with van der Waals surface area (Å²) in [7, 11) is 0. The van der Waals surface area contributed by atoms with E-state index in [4.69, 9.17) is 0 Å². The summed E-state index contributed by atoms with van der Waals surface area (Å²) in [5.74, 6) is -1.13. The van der Waals surface area contributed by atoms with Crippen LogP contribution in [0.1, 0.15) is 37.6 Å². The van der Waals surface area contributed by atoms with Gasteiger partial charge < -0.3 is 15.7 Å². The molecule has 6 heteroatoms. The van der Waals surface area contributed by atoms with Crippen molar-refractivity contribution in [2.24, 2.45) is 5.92 Å². The molecule has 0 aliphatic heterocycles. The standard InChI is InChI=1S/C15H21FN2O3/c1-9(2)6-12(20)8-17-15(21)11-4-5-13(16)14(7-11)18-10(3)19/h4-5,7,9,12,20H,6,8H2,1-3H3,(H,17,21)(H,18,19). The molecule has 0 saturated heterocycles. The summed E-state index contributed by atoms with van der Waals surface area (Å²) in [6.45, 7) is 5.34. The summed E-state index contributed by atoms with van der Waals surface area (Å²) in [5.41, 5.74) is 0.176. The van der Waals surface area contributed by atoms with Crippen molar-refractivity contribution in [3.63, 3.8) is 0 Å². The molecule has 5 nitrogen and oxygen atoms in total. The number of nitrogens with one attached hydrogen (secondary N) is 2. The number of halogens is 1. The minimum atomic E-state index is -0.621. The van der Waals surface area contributed by atoms with Crippen LogP contribution in [-0.4, -0.2) is 29.6 Å². The molecule has 21 heavy (non-hydrogen) atoms. The van der Waals surface area contributed by atoms with E-state index in [-0.39, 0.29) is 17.8 Å². The fourth-order valence-electron chi connectivity index (χ4n) is 1.89. The molecule has 0 aliphatic rings. The van der Waals surface area contributed by atoms with Crippen LogP contribution in [0, 0.1) is 11.7 Å². The van der Waals surface area contributed by atoms with Crippen molar-refractivity contribution >= 4 is 17.5 Å². The minimum Gasteiger partial charge on any atom is -0.391 e. The molecule has 0 fully saturated rings. The van der Waals surface area contributed by atoms with Gasteiger partial charge in [-0.3, -0.25) is 9.59 Å². The van der Waals surface area contributed by atoms with E-state index in [2.05, 4.69) is 10.6 Å². The third-order valence-corrected chi connectivity index (χ3v) is 2.78. The molecule has 0 aromatic heterocycles. The maximum absolute atomic E-state index is 13.5. The second-order valence-electron chi connectivity index (χ2n) is 5.37. The monoisotopic (exact) mass is 296 g/mol. The van der Waals surface area contributed by atoms with Crippen LogP contribution in [0.4, 0.5) is 10.1 Å². The Labute approximate surface area is 123 Å². The molecule has 2 amide bonds. The molecule has 0 bridgehead atoms. The molecule has 1 aromatic rings. The summed E-state index contributed by atoms with van der Waals surface area (Å²) in [4.78, 5) is 22.9. The number of rotatable bonds is 6. The maximum Gasteiger partial charge on any atom is 0.251 e. The zero-order chi connectivity index (χ0) is 16.0. The highest BCUT2D eigenvalue weighted by atomic mass is 19.1. The molecular weight excluding hydrogens is 275 g/mol. The Hall–Kier alpha value is -1.95. The number of hydrogen-bond donors (Lipinski definition) is 3. The number of aliphatic hydroxyl groups is 1. The van der Waals surface area contributed by atoms with Crippen LogP contribution >= 0.6 is 0 Å². The average Bonchev–Trinajstić information content (AvgIpc) is 2.37. The molecule has 0 saturated carbocycles. The molecule has 0 heterocycles. The first-order valence-electron chi connectivity index (χ1n) is 6.83. The first-order chi connectivity index (χ1) is 9.79. The van der Waals surface area contributed by atoms with Crippen LogP contribution in [0.25, 0.3) is 0 Å². The van der Waals surface area contributed by atoms with E-state index in [9.17, 15) is 19.1 Å². The van der Waals surface area contributed by atoms with Crippen molar-refractivity contribution in [2.45, 2.75) is 33.3 Å². The highest BCUT2D eigenvalue weighted by Crippen LogP contribution is 2.16. The van der Waals surface area contributed by atoms with Crippen molar-refractivity contribution in [1.29, 1.82) is 0 Å². The van der Waals surface area contributed by atoms with E-state index in [0.717, 1.165) is 6.07 Å². The predicted molar refractivity (Wildman–Crippen MR) is 78.5 cm³/mol. The second kappa shape index (κ2) is 7.73. The lowest BCUT2D eigenvalue weighted by atomic mass is 10.1. The van der Waals surface area contributed by atoms with E-state index < -0.39 is 23.7 Å². The topological polar surface area (TPSA) is 78.4 Å². The van der Waals surface area contributed by atoms with Crippen molar-refractivity contribution in [1.82, 2.24) is 5.32 Å². The van der Waals surface area contributed by atoms with Crippen LogP contribution in [0.3, 0.4) is 0 Å². The summed E-state index contributed by atoms with van der Waals surface area (Å²) in [6, 6.07) is 3.70. The van der Waals surface area contributed by atoms with Crippen molar-refractivity contribution in [3.05, 3.63) is 29.6 Å². The van der Waals surface area contributed by atoms with E-state index in [0.29, 0.717) is 12.3 Å². The lowest BCUT2D eigenvalue weighted by molar-refractivity contribution is -0.114. The number of benzene rings is 1. The third kappa shape index (κ3) is 5.91. The van der Waals surface area contributed by atoms with Crippen molar-refractivity contribution in [2.75, 3.05) is 11.9 Å². The van der Waals surface area contributed by atoms with Gasteiger partial charge in [0, 0.05) is 19.0 Å². The number of anilines is 1. The van der Waals surface area contributed by atoms with Gasteiger partial charge in [0.15, 0.2) is 0 Å². The van der Waals surface area contributed by atoms with Crippen molar-refractivity contribution in [3.8, 4) is 0 Å². The lowest BCUT2D eigenvalue weighted by Gasteiger charge is -2.14. The smallest absolute Gasteiger partial charge is 0.251 e. The average molecular weight is 296 g/mol. The molecule has 1 unspecified atom stereocenters. The van der Waals surface area contributed by atoms with Gasteiger partial charge in [0.2, 0.25) is 5.91 Å². The Morgan fingerprint density at radius 3 is 2.57 bits per heavy atom. The molecule has 0 aliphatic carbocycles. The number of amides is 2. The highest BCUT2D eigenvalue weighted by Gasteiger charge is 2.13. The molecule has 1 rings (SSSR count). The zero-order valence-electron chi connectivity index (χ0n) is 12.4. The van der Waals surface area contributed by atoms with Gasteiger partial charge in [0.1, 0.15) is 5.82 Å². The summed E-state index contributed by atoms with van der Waals surface area (Å²) in [6.07, 6.45) is -0.0369. The molecular formula is C15H21FN2O3. The van der Waals surface area contributed by atoms with Gasteiger partial charge in [-0.1, -0.05) is 13.8 Å². The van der Waals surface area contributed by atoms with Crippen LogP contribution in [0.5, 0.6) is 0 Å². The number of aliphatic hydroxyl groups excluding tert-OH is 1. The predicted octanol–water partition coefficient (Wildman–Crippen LogP) is 1.92. The summed E-state index contributed by atoms with van der Waals surface area (Å²) in [5, 5.41) is 14.6. The van der Waals surface area contributed by atoms with Gasteiger partial charge in [-0.05, 0) is 30.5 Å². The van der Waals surface area contributed by atoms with Crippen LogP contribution in [-0.2, 0) is 4.79 Å². The Balaban J connectivity index is 2.68. The van der Waals surface area contributed by atoms with Crippen LogP contribution in [0.2, 0.25) is 0 Å². The number of carbonyl (C=O) groups is 2. The molecule has 0 radical (unpaired) electrons. The molecule has 116 valence electrons.